The van der Waals surface area contributed by atoms with Crippen molar-refractivity contribution >= 4 is 27.5 Å². The fraction of sp³-hybridized carbons (Fsp3) is 0. The molecule has 0 saturated carbocycles. The summed E-state index contributed by atoms with van der Waals surface area (Å²) < 4.78 is 2.07. The molecular formula is C22H16BrN3O3. The third-order valence-corrected chi connectivity index (χ3v) is 5.04. The molecule has 0 radical (unpaired) electrons. The first-order valence-electron chi connectivity index (χ1n) is 8.76. The first kappa shape index (κ1) is 18.8. The summed E-state index contributed by atoms with van der Waals surface area (Å²) in [6.45, 7) is 0. The molecule has 0 fully saturated rings. The molecule has 7 heteroatoms. The van der Waals surface area contributed by atoms with E-state index in [4.69, 9.17) is 0 Å². The normalized spacial score (nSPS) is 10.7. The molecule has 0 atom stereocenters. The number of aromatic nitrogens is 2. The zero-order valence-corrected chi connectivity index (χ0v) is 16.7. The van der Waals surface area contributed by atoms with Gasteiger partial charge in [-0.1, -0.05) is 30.3 Å². The second-order valence-corrected chi connectivity index (χ2v) is 7.14. The summed E-state index contributed by atoms with van der Waals surface area (Å²) >= 11 is 3.27. The molecule has 0 aliphatic heterocycles. The van der Waals surface area contributed by atoms with E-state index in [1.54, 1.807) is 53.3 Å². The number of halogens is 1. The van der Waals surface area contributed by atoms with Crippen LogP contribution in [0.1, 0.15) is 10.4 Å². The van der Waals surface area contributed by atoms with E-state index in [0.717, 1.165) is 0 Å². The Morgan fingerprint density at radius 1 is 0.931 bits per heavy atom. The van der Waals surface area contributed by atoms with Gasteiger partial charge in [-0.15, -0.1) is 0 Å². The molecule has 1 heterocycles. The van der Waals surface area contributed by atoms with Crippen LogP contribution in [0.3, 0.4) is 0 Å². The number of nitrogens with one attached hydrogen (secondary N) is 1. The molecule has 0 bridgehead atoms. The Bertz CT molecular complexity index is 1190. The van der Waals surface area contributed by atoms with Gasteiger partial charge in [-0.25, -0.2) is 4.68 Å². The number of carbonyl (C=O) groups is 1. The van der Waals surface area contributed by atoms with E-state index in [1.165, 1.54) is 6.07 Å². The molecule has 6 nitrogen and oxygen atoms in total. The average Bonchev–Trinajstić information content (AvgIpc) is 3.21. The molecule has 0 aliphatic rings. The first-order valence-corrected chi connectivity index (χ1v) is 9.55. The van der Waals surface area contributed by atoms with E-state index in [-0.39, 0.29) is 17.4 Å². The van der Waals surface area contributed by atoms with E-state index in [9.17, 15) is 15.0 Å². The van der Waals surface area contributed by atoms with Gasteiger partial charge in [0.25, 0.3) is 5.91 Å². The molecule has 3 N–H and O–H groups in total. The Balaban J connectivity index is 1.76. The minimum absolute atomic E-state index is 0.0622. The first-order chi connectivity index (χ1) is 14.0. The Morgan fingerprint density at radius 2 is 1.66 bits per heavy atom. The lowest BCUT2D eigenvalue weighted by atomic mass is 10.1. The fourth-order valence-electron chi connectivity index (χ4n) is 3.00. The zero-order valence-electron chi connectivity index (χ0n) is 15.1. The summed E-state index contributed by atoms with van der Waals surface area (Å²) in [6.07, 6.45) is 1.60. The third-order valence-electron chi connectivity index (χ3n) is 4.40. The minimum atomic E-state index is -0.234. The number of aromatic hydroxyl groups is 2. The van der Waals surface area contributed by atoms with E-state index in [1.807, 2.05) is 24.3 Å². The average molecular weight is 450 g/mol. The van der Waals surface area contributed by atoms with Gasteiger partial charge in [0.15, 0.2) is 0 Å². The van der Waals surface area contributed by atoms with E-state index in [0.29, 0.717) is 32.7 Å². The van der Waals surface area contributed by atoms with Crippen LogP contribution in [-0.2, 0) is 0 Å². The predicted octanol–water partition coefficient (Wildman–Crippen LogP) is 4.97. The van der Waals surface area contributed by atoms with Gasteiger partial charge >= 0.3 is 0 Å². The van der Waals surface area contributed by atoms with Crippen LogP contribution < -0.4 is 5.32 Å². The number of rotatable bonds is 4. The number of phenolic OH excluding ortho intramolecular Hbond substituents is 2. The van der Waals surface area contributed by atoms with Crippen molar-refractivity contribution in [3.05, 3.63) is 89.0 Å². The summed E-state index contributed by atoms with van der Waals surface area (Å²) in [5.74, 6) is -0.381. The molecule has 0 unspecified atom stereocenters. The Hall–Kier alpha value is -3.58. The Labute approximate surface area is 175 Å². The van der Waals surface area contributed by atoms with Crippen molar-refractivity contribution in [2.24, 2.45) is 0 Å². The molecule has 1 aromatic heterocycles. The maximum absolute atomic E-state index is 12.6. The lowest BCUT2D eigenvalue weighted by Gasteiger charge is -2.15. The number of carbonyl (C=O) groups excluding carboxylic acids is 1. The van der Waals surface area contributed by atoms with Crippen molar-refractivity contribution in [3.63, 3.8) is 0 Å². The molecule has 4 aromatic rings. The molecule has 4 rings (SSSR count). The van der Waals surface area contributed by atoms with Gasteiger partial charge in [0.1, 0.15) is 11.5 Å². The molecule has 1 amide bonds. The molecule has 144 valence electrons. The van der Waals surface area contributed by atoms with Crippen molar-refractivity contribution in [1.29, 1.82) is 0 Å². The highest BCUT2D eigenvalue weighted by atomic mass is 79.9. The number of para-hydroxylation sites is 2. The standard InChI is InChI=1S/C22H16BrN3O3/c23-16-12-15(20(27)13-21(16)28)18-10-11-24-26(18)19-9-5-4-8-17(19)25-22(29)14-6-2-1-3-7-14/h1-13,27-28H,(H,25,29). The molecule has 0 saturated heterocycles. The predicted molar refractivity (Wildman–Crippen MR) is 114 cm³/mol. The highest BCUT2D eigenvalue weighted by Gasteiger charge is 2.17. The number of nitrogens with zero attached hydrogens (tertiary/aromatic N) is 2. The van der Waals surface area contributed by atoms with Crippen LogP contribution in [0.2, 0.25) is 0 Å². The van der Waals surface area contributed by atoms with Crippen LogP contribution in [0.4, 0.5) is 5.69 Å². The van der Waals surface area contributed by atoms with Crippen molar-refractivity contribution < 1.29 is 15.0 Å². The SMILES string of the molecule is O=C(Nc1ccccc1-n1nccc1-c1cc(Br)c(O)cc1O)c1ccccc1. The van der Waals surface area contributed by atoms with Crippen molar-refractivity contribution in [1.82, 2.24) is 9.78 Å². The van der Waals surface area contributed by atoms with E-state index in [2.05, 4.69) is 26.3 Å². The van der Waals surface area contributed by atoms with Gasteiger partial charge in [0.2, 0.25) is 0 Å². The number of benzene rings is 3. The van der Waals surface area contributed by atoms with Gasteiger partial charge in [-0.05, 0) is 52.3 Å². The maximum Gasteiger partial charge on any atom is 0.255 e. The van der Waals surface area contributed by atoms with Crippen LogP contribution in [0.15, 0.2) is 83.5 Å². The van der Waals surface area contributed by atoms with Crippen LogP contribution in [0, 0.1) is 0 Å². The zero-order chi connectivity index (χ0) is 20.4. The maximum atomic E-state index is 12.6. The van der Waals surface area contributed by atoms with Gasteiger partial charge in [0.05, 0.1) is 27.7 Å². The molecule has 29 heavy (non-hydrogen) atoms. The number of anilines is 1. The van der Waals surface area contributed by atoms with Crippen LogP contribution >= 0.6 is 15.9 Å². The van der Waals surface area contributed by atoms with Crippen molar-refractivity contribution in [3.8, 4) is 28.4 Å². The summed E-state index contributed by atoms with van der Waals surface area (Å²) in [6, 6.07) is 20.8. The summed E-state index contributed by atoms with van der Waals surface area (Å²) in [5, 5.41) is 27.4. The monoisotopic (exact) mass is 449 g/mol. The van der Waals surface area contributed by atoms with Gasteiger partial charge in [0, 0.05) is 17.2 Å². The van der Waals surface area contributed by atoms with Gasteiger partial charge in [-0.2, -0.15) is 5.10 Å². The second kappa shape index (κ2) is 7.81. The van der Waals surface area contributed by atoms with Crippen LogP contribution in [-0.4, -0.2) is 25.9 Å². The molecule has 0 aliphatic carbocycles. The molecule has 0 spiro atoms. The lowest BCUT2D eigenvalue weighted by molar-refractivity contribution is 0.102. The fourth-order valence-corrected chi connectivity index (χ4v) is 3.35. The topological polar surface area (TPSA) is 87.4 Å². The molecular weight excluding hydrogens is 434 g/mol. The lowest BCUT2D eigenvalue weighted by Crippen LogP contribution is -2.14. The highest BCUT2D eigenvalue weighted by Crippen LogP contribution is 2.38. The minimum Gasteiger partial charge on any atom is -0.507 e. The quantitative estimate of drug-likeness (QED) is 0.410. The van der Waals surface area contributed by atoms with Crippen LogP contribution in [0.25, 0.3) is 16.9 Å². The largest absolute Gasteiger partial charge is 0.507 e. The summed E-state index contributed by atoms with van der Waals surface area (Å²) in [4.78, 5) is 12.6. The third kappa shape index (κ3) is 3.72. The number of hydrogen-bond acceptors (Lipinski definition) is 4. The summed E-state index contributed by atoms with van der Waals surface area (Å²) in [5.41, 5.74) is 2.84. The van der Waals surface area contributed by atoms with E-state index >= 15 is 0 Å². The summed E-state index contributed by atoms with van der Waals surface area (Å²) in [7, 11) is 0. The number of amides is 1. The van der Waals surface area contributed by atoms with Crippen molar-refractivity contribution in [2.45, 2.75) is 0 Å². The Kier molecular flexibility index (Phi) is 5.05. The molecule has 3 aromatic carbocycles. The number of hydrogen-bond donors (Lipinski definition) is 3. The van der Waals surface area contributed by atoms with Crippen molar-refractivity contribution in [2.75, 3.05) is 5.32 Å². The second-order valence-electron chi connectivity index (χ2n) is 6.29. The smallest absolute Gasteiger partial charge is 0.255 e. The Morgan fingerprint density at radius 3 is 2.45 bits per heavy atom. The number of phenols is 2. The highest BCUT2D eigenvalue weighted by molar-refractivity contribution is 9.10. The van der Waals surface area contributed by atoms with E-state index < -0.39 is 0 Å². The van der Waals surface area contributed by atoms with Crippen LogP contribution in [0.5, 0.6) is 11.5 Å². The van der Waals surface area contributed by atoms with Gasteiger partial charge < -0.3 is 15.5 Å². The van der Waals surface area contributed by atoms with Gasteiger partial charge in [-0.3, -0.25) is 4.79 Å².